The van der Waals surface area contributed by atoms with Gasteiger partial charge in [0.15, 0.2) is 16.7 Å². The topological polar surface area (TPSA) is 50.8 Å². The summed E-state index contributed by atoms with van der Waals surface area (Å²) in [6.45, 7) is 2.05. The standard InChI is InChI=1S/C29H23F4N3OS/c1-29(18-5-10-22(31)26(14-18)37-2)11-3-4-25-27(29)36(20-8-6-19(30)7-9-20)28(35-25)38-16-21-23(32)12-17(15-34)13-24(21)33/h5-10,12-14H,3-4,11,16H2,1-2H3. The lowest BCUT2D eigenvalue weighted by atomic mass is 9.71. The first-order chi connectivity index (χ1) is 18.2. The van der Waals surface area contributed by atoms with Crippen molar-refractivity contribution in [3.63, 3.8) is 0 Å². The number of imidazole rings is 1. The molecule has 0 spiro atoms. The van der Waals surface area contributed by atoms with Crippen molar-refractivity contribution in [2.45, 2.75) is 42.5 Å². The number of methoxy groups -OCH3 is 1. The Morgan fingerprint density at radius 2 is 1.74 bits per heavy atom. The van der Waals surface area contributed by atoms with Crippen LogP contribution in [-0.2, 0) is 17.6 Å². The molecule has 0 N–H and O–H groups in total. The van der Waals surface area contributed by atoms with Gasteiger partial charge in [0, 0.05) is 22.4 Å². The average Bonchev–Trinajstić information content (AvgIpc) is 3.28. The van der Waals surface area contributed by atoms with E-state index in [9.17, 15) is 17.6 Å². The molecule has 5 rings (SSSR count). The van der Waals surface area contributed by atoms with Crippen molar-refractivity contribution in [3.8, 4) is 17.5 Å². The van der Waals surface area contributed by atoms with Crippen LogP contribution in [0.3, 0.4) is 0 Å². The first kappa shape index (κ1) is 25.9. The van der Waals surface area contributed by atoms with E-state index in [1.54, 1.807) is 30.3 Å². The van der Waals surface area contributed by atoms with Crippen molar-refractivity contribution < 1.29 is 22.3 Å². The number of nitrogens with zero attached hydrogens (tertiary/aromatic N) is 3. The molecule has 4 nitrogen and oxygen atoms in total. The number of thioether (sulfide) groups is 1. The lowest BCUT2D eigenvalue weighted by molar-refractivity contribution is 0.381. The number of ether oxygens (including phenoxy) is 1. The van der Waals surface area contributed by atoms with Crippen LogP contribution < -0.4 is 4.74 Å². The fourth-order valence-corrected chi connectivity index (χ4v) is 6.11. The maximum atomic E-state index is 14.6. The SMILES string of the molecule is COc1cc(C2(C)CCCc3nc(SCc4c(F)cc(C#N)cc4F)n(-c4ccc(F)cc4)c32)ccc1F. The van der Waals surface area contributed by atoms with Gasteiger partial charge in [-0.05, 0) is 80.3 Å². The number of nitriles is 1. The molecule has 0 amide bonds. The third-order valence-corrected chi connectivity index (χ3v) is 7.99. The van der Waals surface area contributed by atoms with Crippen molar-refractivity contribution in [1.29, 1.82) is 5.26 Å². The van der Waals surface area contributed by atoms with Crippen LogP contribution in [0.2, 0.25) is 0 Å². The summed E-state index contributed by atoms with van der Waals surface area (Å²) < 4.78 is 64.5. The Bertz CT molecular complexity index is 1540. The second kappa shape index (κ2) is 10.2. The summed E-state index contributed by atoms with van der Waals surface area (Å²) in [7, 11) is 1.41. The van der Waals surface area contributed by atoms with Crippen LogP contribution >= 0.6 is 11.8 Å². The molecule has 38 heavy (non-hydrogen) atoms. The summed E-state index contributed by atoms with van der Waals surface area (Å²) in [6.07, 6.45) is 2.25. The Morgan fingerprint density at radius 1 is 1.03 bits per heavy atom. The molecule has 1 unspecified atom stereocenters. The molecule has 0 aliphatic heterocycles. The number of hydrogen-bond donors (Lipinski definition) is 0. The Labute approximate surface area is 221 Å². The smallest absolute Gasteiger partial charge is 0.173 e. The minimum Gasteiger partial charge on any atom is -0.494 e. The molecule has 0 fully saturated rings. The van der Waals surface area contributed by atoms with Gasteiger partial charge in [-0.2, -0.15) is 5.26 Å². The van der Waals surface area contributed by atoms with Gasteiger partial charge in [-0.1, -0.05) is 17.8 Å². The highest BCUT2D eigenvalue weighted by molar-refractivity contribution is 7.98. The quantitative estimate of drug-likeness (QED) is 0.192. The molecule has 4 aromatic rings. The summed E-state index contributed by atoms with van der Waals surface area (Å²) in [5, 5.41) is 9.49. The summed E-state index contributed by atoms with van der Waals surface area (Å²) in [4.78, 5) is 4.87. The van der Waals surface area contributed by atoms with Crippen LogP contribution in [0.15, 0.2) is 59.8 Å². The van der Waals surface area contributed by atoms with Crippen molar-refractivity contribution in [3.05, 3.63) is 106 Å². The molecular weight excluding hydrogens is 514 g/mol. The lowest BCUT2D eigenvalue weighted by Crippen LogP contribution is -2.31. The van der Waals surface area contributed by atoms with Gasteiger partial charge in [0.25, 0.3) is 0 Å². The number of rotatable bonds is 6. The zero-order valence-electron chi connectivity index (χ0n) is 20.7. The summed E-state index contributed by atoms with van der Waals surface area (Å²) >= 11 is 1.15. The lowest BCUT2D eigenvalue weighted by Gasteiger charge is -2.36. The highest BCUT2D eigenvalue weighted by Crippen LogP contribution is 2.46. The first-order valence-electron chi connectivity index (χ1n) is 12.0. The number of halogens is 4. The van der Waals surface area contributed by atoms with Crippen molar-refractivity contribution in [1.82, 2.24) is 9.55 Å². The monoisotopic (exact) mass is 537 g/mol. The molecule has 194 valence electrons. The van der Waals surface area contributed by atoms with Crippen LogP contribution in [-0.4, -0.2) is 16.7 Å². The molecule has 1 aliphatic rings. The molecule has 0 radical (unpaired) electrons. The fraction of sp³-hybridized carbons (Fsp3) is 0.241. The second-order valence-corrected chi connectivity index (χ2v) is 10.3. The van der Waals surface area contributed by atoms with E-state index in [0.29, 0.717) is 17.3 Å². The van der Waals surface area contributed by atoms with Crippen molar-refractivity contribution in [2.75, 3.05) is 7.11 Å². The van der Waals surface area contributed by atoms with Crippen LogP contribution in [0.4, 0.5) is 17.6 Å². The highest BCUT2D eigenvalue weighted by atomic mass is 32.2. The van der Waals surface area contributed by atoms with Gasteiger partial charge < -0.3 is 4.74 Å². The third kappa shape index (κ3) is 4.54. The highest BCUT2D eigenvalue weighted by Gasteiger charge is 2.40. The molecule has 0 saturated carbocycles. The molecule has 1 heterocycles. The van der Waals surface area contributed by atoms with Gasteiger partial charge in [-0.3, -0.25) is 4.57 Å². The molecule has 0 bridgehead atoms. The molecule has 0 saturated heterocycles. The minimum absolute atomic E-state index is 0.0679. The van der Waals surface area contributed by atoms with Gasteiger partial charge in [0.05, 0.1) is 30.1 Å². The summed E-state index contributed by atoms with van der Waals surface area (Å²) in [6, 6.07) is 14.5. The number of aryl methyl sites for hydroxylation is 1. The van der Waals surface area contributed by atoms with E-state index < -0.39 is 28.7 Å². The van der Waals surface area contributed by atoms with Gasteiger partial charge in [0.1, 0.15) is 17.5 Å². The second-order valence-electron chi connectivity index (χ2n) is 9.36. The number of aromatic nitrogens is 2. The first-order valence-corrected chi connectivity index (χ1v) is 13.0. The minimum atomic E-state index is -0.804. The molecule has 1 atom stereocenters. The molecule has 1 aromatic heterocycles. The van der Waals surface area contributed by atoms with E-state index in [1.807, 2.05) is 11.5 Å². The predicted molar refractivity (Wildman–Crippen MR) is 136 cm³/mol. The van der Waals surface area contributed by atoms with Gasteiger partial charge in [-0.25, -0.2) is 22.5 Å². The van der Waals surface area contributed by atoms with E-state index in [1.165, 1.54) is 25.3 Å². The Hall–Kier alpha value is -3.77. The average molecular weight is 538 g/mol. The number of benzene rings is 3. The number of hydrogen-bond acceptors (Lipinski definition) is 4. The maximum absolute atomic E-state index is 14.6. The zero-order chi connectivity index (χ0) is 27.0. The van der Waals surface area contributed by atoms with Crippen LogP contribution in [0.1, 0.15) is 47.8 Å². The van der Waals surface area contributed by atoms with Crippen LogP contribution in [0.25, 0.3) is 5.69 Å². The third-order valence-electron chi connectivity index (χ3n) is 7.02. The van der Waals surface area contributed by atoms with Crippen LogP contribution in [0, 0.1) is 34.6 Å². The number of fused-ring (bicyclic) bond motifs is 1. The molecular formula is C29H23F4N3OS. The van der Waals surface area contributed by atoms with Crippen molar-refractivity contribution in [2.24, 2.45) is 0 Å². The normalized spacial score (nSPS) is 16.7. The van der Waals surface area contributed by atoms with E-state index in [-0.39, 0.29) is 22.6 Å². The predicted octanol–water partition coefficient (Wildman–Crippen LogP) is 7.24. The zero-order valence-corrected chi connectivity index (χ0v) is 21.5. The van der Waals surface area contributed by atoms with Gasteiger partial charge in [-0.15, -0.1) is 0 Å². The van der Waals surface area contributed by atoms with E-state index >= 15 is 0 Å². The Balaban J connectivity index is 1.65. The Morgan fingerprint density at radius 3 is 2.39 bits per heavy atom. The summed E-state index contributed by atoms with van der Waals surface area (Å²) in [5.41, 5.74) is 2.29. The summed E-state index contributed by atoms with van der Waals surface area (Å²) in [5.74, 6) is -2.41. The van der Waals surface area contributed by atoms with Crippen molar-refractivity contribution >= 4 is 11.8 Å². The van der Waals surface area contributed by atoms with Gasteiger partial charge in [0.2, 0.25) is 0 Å². The van der Waals surface area contributed by atoms with Gasteiger partial charge >= 0.3 is 0 Å². The molecule has 3 aromatic carbocycles. The van der Waals surface area contributed by atoms with E-state index in [4.69, 9.17) is 15.0 Å². The largest absolute Gasteiger partial charge is 0.494 e. The Kier molecular flexibility index (Phi) is 6.93. The maximum Gasteiger partial charge on any atom is 0.173 e. The van der Waals surface area contributed by atoms with E-state index in [2.05, 4.69) is 0 Å². The molecule has 9 heteroatoms. The van der Waals surface area contributed by atoms with E-state index in [0.717, 1.165) is 53.7 Å². The fourth-order valence-electron chi connectivity index (χ4n) is 5.06. The molecule has 1 aliphatic carbocycles. The van der Waals surface area contributed by atoms with Crippen LogP contribution in [0.5, 0.6) is 5.75 Å².